The van der Waals surface area contributed by atoms with Crippen molar-refractivity contribution in [3.63, 3.8) is 0 Å². The van der Waals surface area contributed by atoms with E-state index in [0.717, 1.165) is 24.7 Å². The lowest BCUT2D eigenvalue weighted by Gasteiger charge is -2.09. The second-order valence-electron chi connectivity index (χ2n) is 5.97. The molecule has 0 spiro atoms. The van der Waals surface area contributed by atoms with Gasteiger partial charge in [-0.15, -0.1) is 11.3 Å². The highest BCUT2D eigenvalue weighted by Crippen LogP contribution is 2.30. The quantitative estimate of drug-likeness (QED) is 0.921. The molecule has 0 unspecified atom stereocenters. The Kier molecular flexibility index (Phi) is 4.29. The first kappa shape index (κ1) is 16.2. The minimum absolute atomic E-state index is 0.168. The normalized spacial score (nSPS) is 14.3. The van der Waals surface area contributed by atoms with Crippen LogP contribution in [0.15, 0.2) is 29.2 Å². The molecule has 0 fully saturated rings. The first-order chi connectivity index (χ1) is 10.8. The van der Waals surface area contributed by atoms with Crippen LogP contribution in [0.5, 0.6) is 0 Å². The van der Waals surface area contributed by atoms with Gasteiger partial charge in [0.2, 0.25) is 0 Å². The zero-order chi connectivity index (χ0) is 16.6. The van der Waals surface area contributed by atoms with Gasteiger partial charge in [-0.25, -0.2) is 8.42 Å². The van der Waals surface area contributed by atoms with E-state index in [2.05, 4.69) is 5.32 Å². The Bertz CT molecular complexity index is 842. The Balaban J connectivity index is 1.86. The van der Waals surface area contributed by atoms with E-state index in [0.29, 0.717) is 10.6 Å². The predicted octanol–water partition coefficient (Wildman–Crippen LogP) is 3.59. The third-order valence-corrected chi connectivity index (χ3v) is 6.45. The first-order valence-corrected chi connectivity index (χ1v) is 10.3. The van der Waals surface area contributed by atoms with E-state index in [4.69, 9.17) is 0 Å². The molecule has 0 radical (unpaired) electrons. The predicted molar refractivity (Wildman–Crippen MR) is 93.2 cm³/mol. The maximum Gasteiger partial charge on any atom is 0.265 e. The van der Waals surface area contributed by atoms with Gasteiger partial charge in [-0.2, -0.15) is 0 Å². The van der Waals surface area contributed by atoms with Crippen molar-refractivity contribution in [2.75, 3.05) is 11.6 Å². The van der Waals surface area contributed by atoms with Crippen LogP contribution in [0.1, 0.15) is 38.5 Å². The van der Waals surface area contributed by atoms with Gasteiger partial charge < -0.3 is 5.32 Å². The molecular formula is C17H19NO3S2. The average molecular weight is 349 g/mol. The molecule has 6 heteroatoms. The molecule has 0 saturated carbocycles. The Labute approximate surface area is 140 Å². The largest absolute Gasteiger partial charge is 0.321 e. The van der Waals surface area contributed by atoms with Crippen molar-refractivity contribution in [3.8, 4) is 0 Å². The van der Waals surface area contributed by atoms with Crippen molar-refractivity contribution in [1.29, 1.82) is 0 Å². The van der Waals surface area contributed by atoms with Gasteiger partial charge in [-0.3, -0.25) is 4.79 Å². The number of carbonyl (C=O) groups is 1. The molecule has 4 nitrogen and oxygen atoms in total. The summed E-state index contributed by atoms with van der Waals surface area (Å²) in [6, 6.07) is 6.77. The molecular weight excluding hydrogens is 330 g/mol. The molecule has 3 rings (SSSR count). The lowest BCUT2D eigenvalue weighted by Crippen LogP contribution is -2.12. The molecule has 122 valence electrons. The number of nitrogens with one attached hydrogen (secondary N) is 1. The third-order valence-electron chi connectivity index (χ3n) is 4.11. The molecule has 1 aromatic carbocycles. The Morgan fingerprint density at radius 3 is 2.61 bits per heavy atom. The zero-order valence-electron chi connectivity index (χ0n) is 13.2. The standard InChI is InChI=1S/C17H19NO3S2/c1-11-7-8-13(23(2,20)21)10-14(11)18-17(19)16-9-12-5-3-4-6-15(12)22-16/h7-10H,3-6H2,1-2H3,(H,18,19). The topological polar surface area (TPSA) is 63.2 Å². The van der Waals surface area contributed by atoms with Crippen LogP contribution < -0.4 is 5.32 Å². The summed E-state index contributed by atoms with van der Waals surface area (Å²) in [5.74, 6) is -0.168. The monoisotopic (exact) mass is 349 g/mol. The zero-order valence-corrected chi connectivity index (χ0v) is 14.8. The lowest BCUT2D eigenvalue weighted by atomic mass is 9.99. The number of aryl methyl sites for hydroxylation is 3. The molecule has 1 amide bonds. The number of hydrogen-bond acceptors (Lipinski definition) is 4. The van der Waals surface area contributed by atoms with Crippen molar-refractivity contribution in [3.05, 3.63) is 45.1 Å². The first-order valence-electron chi connectivity index (χ1n) is 7.58. The minimum Gasteiger partial charge on any atom is -0.321 e. The van der Waals surface area contributed by atoms with E-state index in [-0.39, 0.29) is 10.8 Å². The molecule has 0 aliphatic heterocycles. The van der Waals surface area contributed by atoms with Gasteiger partial charge in [-0.1, -0.05) is 6.07 Å². The van der Waals surface area contributed by atoms with Gasteiger partial charge in [0.05, 0.1) is 9.77 Å². The van der Waals surface area contributed by atoms with Gasteiger partial charge >= 0.3 is 0 Å². The summed E-state index contributed by atoms with van der Waals surface area (Å²) >= 11 is 1.55. The van der Waals surface area contributed by atoms with E-state index >= 15 is 0 Å². The van der Waals surface area contributed by atoms with E-state index < -0.39 is 9.84 Å². The van der Waals surface area contributed by atoms with Crippen LogP contribution in [0.3, 0.4) is 0 Å². The smallest absolute Gasteiger partial charge is 0.265 e. The Hall–Kier alpha value is -1.66. The number of anilines is 1. The van der Waals surface area contributed by atoms with Crippen LogP contribution in [0, 0.1) is 6.92 Å². The summed E-state index contributed by atoms with van der Waals surface area (Å²) in [7, 11) is -3.29. The number of hydrogen-bond donors (Lipinski definition) is 1. The van der Waals surface area contributed by atoms with Gasteiger partial charge in [-0.05, 0) is 61.9 Å². The minimum atomic E-state index is -3.29. The summed E-state index contributed by atoms with van der Waals surface area (Å²) < 4.78 is 23.3. The van der Waals surface area contributed by atoms with Crippen molar-refractivity contribution in [2.45, 2.75) is 37.5 Å². The molecule has 2 aromatic rings. The SMILES string of the molecule is Cc1ccc(S(C)(=O)=O)cc1NC(=O)c1cc2c(s1)CCCC2. The maximum atomic E-state index is 12.5. The molecule has 1 N–H and O–H groups in total. The number of carbonyl (C=O) groups excluding carboxylic acids is 1. The van der Waals surface area contributed by atoms with Crippen molar-refractivity contribution < 1.29 is 13.2 Å². The fourth-order valence-corrected chi connectivity index (χ4v) is 4.55. The van der Waals surface area contributed by atoms with Crippen LogP contribution >= 0.6 is 11.3 Å². The molecule has 0 saturated heterocycles. The van der Waals surface area contributed by atoms with E-state index in [9.17, 15) is 13.2 Å². The van der Waals surface area contributed by atoms with E-state index in [1.165, 1.54) is 29.3 Å². The fourth-order valence-electron chi connectivity index (χ4n) is 2.75. The molecule has 0 bridgehead atoms. The molecule has 0 atom stereocenters. The number of sulfone groups is 1. The fraction of sp³-hybridized carbons (Fsp3) is 0.353. The summed E-state index contributed by atoms with van der Waals surface area (Å²) in [5.41, 5.74) is 2.67. The van der Waals surface area contributed by atoms with Crippen LogP contribution in [-0.4, -0.2) is 20.6 Å². The number of amides is 1. The van der Waals surface area contributed by atoms with Gasteiger partial charge in [0.25, 0.3) is 5.91 Å². The Morgan fingerprint density at radius 2 is 1.91 bits per heavy atom. The highest BCUT2D eigenvalue weighted by Gasteiger charge is 2.18. The van der Waals surface area contributed by atoms with Crippen molar-refractivity contribution in [2.24, 2.45) is 0 Å². The molecule has 1 aromatic heterocycles. The summed E-state index contributed by atoms with van der Waals surface area (Å²) in [6.45, 7) is 1.85. The van der Waals surface area contributed by atoms with Gasteiger partial charge in [0.1, 0.15) is 0 Å². The highest BCUT2D eigenvalue weighted by molar-refractivity contribution is 7.90. The maximum absolute atomic E-state index is 12.5. The second kappa shape index (κ2) is 6.09. The van der Waals surface area contributed by atoms with E-state index in [1.54, 1.807) is 23.5 Å². The highest BCUT2D eigenvalue weighted by atomic mass is 32.2. The van der Waals surface area contributed by atoms with Crippen LogP contribution in [0.4, 0.5) is 5.69 Å². The van der Waals surface area contributed by atoms with Crippen LogP contribution in [0.2, 0.25) is 0 Å². The van der Waals surface area contributed by atoms with Crippen LogP contribution in [-0.2, 0) is 22.7 Å². The summed E-state index contributed by atoms with van der Waals surface area (Å²) in [5, 5.41) is 2.86. The van der Waals surface area contributed by atoms with Crippen LogP contribution in [0.25, 0.3) is 0 Å². The third kappa shape index (κ3) is 3.48. The number of fused-ring (bicyclic) bond motifs is 1. The van der Waals surface area contributed by atoms with Crippen molar-refractivity contribution in [1.82, 2.24) is 0 Å². The molecule has 23 heavy (non-hydrogen) atoms. The second-order valence-corrected chi connectivity index (χ2v) is 9.12. The van der Waals surface area contributed by atoms with Crippen molar-refractivity contribution >= 4 is 32.8 Å². The molecule has 1 aliphatic carbocycles. The lowest BCUT2D eigenvalue weighted by molar-refractivity contribution is 0.103. The summed E-state index contributed by atoms with van der Waals surface area (Å²) in [6.07, 6.45) is 5.62. The summed E-state index contributed by atoms with van der Waals surface area (Å²) in [4.78, 5) is 14.7. The van der Waals surface area contributed by atoms with Gasteiger partial charge in [0.15, 0.2) is 9.84 Å². The number of rotatable bonds is 3. The Morgan fingerprint density at radius 1 is 1.17 bits per heavy atom. The van der Waals surface area contributed by atoms with E-state index in [1.807, 2.05) is 13.0 Å². The molecule has 1 aliphatic rings. The number of benzene rings is 1. The average Bonchev–Trinajstić information content (AvgIpc) is 2.92. The van der Waals surface area contributed by atoms with Gasteiger partial charge in [0, 0.05) is 16.8 Å². The molecule has 1 heterocycles. The number of thiophene rings is 1.